The van der Waals surface area contributed by atoms with Gasteiger partial charge in [-0.05, 0) is 80.5 Å². The molecule has 0 unspecified atom stereocenters. The Balaban J connectivity index is 1.67. The standard InChI is InChI=1S/C38H44N4O5/c1-9-14-47-31(43)13-12-24-20(6)27-15-25-18(4)22(10-2)29(39-25)16-26-19(5)23(11-3)30(40-26)17-28-21(7)32-36(42-28)33(35(24)41-27)34(37(32)44)38(45)46-8/h10,15-17,20,24,34,39-42H,2,9,11-14H2,1,3-8H3/b26-16-,27-15-,30-17-,35-33-/t20-,24-,34+/m0/s1. The molecule has 3 aromatic rings. The molecular formula is C38H44N4O5. The number of allylic oxidation sites excluding steroid dienone is 2. The van der Waals surface area contributed by atoms with Crippen LogP contribution in [0.3, 0.4) is 0 Å². The summed E-state index contributed by atoms with van der Waals surface area (Å²) in [6.07, 6.45) is 10.4. The zero-order valence-electron chi connectivity index (χ0n) is 28.3. The zero-order valence-corrected chi connectivity index (χ0v) is 28.3. The lowest BCUT2D eigenvalue weighted by Crippen LogP contribution is -2.25. The fourth-order valence-electron chi connectivity index (χ4n) is 7.56. The van der Waals surface area contributed by atoms with Crippen LogP contribution in [0.4, 0.5) is 0 Å². The first kappa shape index (κ1) is 32.2. The number of H-pyrrole nitrogens is 3. The highest BCUT2D eigenvalue weighted by Crippen LogP contribution is 2.48. The third-order valence-electron chi connectivity index (χ3n) is 10.2. The number of hydrogen-bond acceptors (Lipinski definition) is 6. The third-order valence-corrected chi connectivity index (χ3v) is 10.2. The van der Waals surface area contributed by atoms with Crippen LogP contribution in [0, 0.1) is 38.5 Å². The Morgan fingerprint density at radius 3 is 2.36 bits per heavy atom. The first-order valence-corrected chi connectivity index (χ1v) is 16.5. The summed E-state index contributed by atoms with van der Waals surface area (Å²) in [6.45, 7) is 16.8. The molecule has 0 radical (unpaired) electrons. The van der Waals surface area contributed by atoms with Gasteiger partial charge in [0.15, 0.2) is 5.78 Å². The molecule has 9 nitrogen and oxygen atoms in total. The quantitative estimate of drug-likeness (QED) is 0.201. The summed E-state index contributed by atoms with van der Waals surface area (Å²) in [6, 6.07) is 0. The number of ketones is 1. The molecule has 3 aliphatic rings. The van der Waals surface area contributed by atoms with E-state index in [-0.39, 0.29) is 30.0 Å². The fraction of sp³-hybridized carbons (Fsp3) is 0.395. The Hall–Kier alpha value is -4.79. The van der Waals surface area contributed by atoms with E-state index in [2.05, 4.69) is 72.8 Å². The van der Waals surface area contributed by atoms with Crippen LogP contribution in [0.15, 0.2) is 18.0 Å². The summed E-state index contributed by atoms with van der Waals surface area (Å²) < 4.78 is 10.6. The van der Waals surface area contributed by atoms with Crippen molar-refractivity contribution in [1.29, 1.82) is 0 Å². The van der Waals surface area contributed by atoms with Gasteiger partial charge in [0.25, 0.3) is 0 Å². The summed E-state index contributed by atoms with van der Waals surface area (Å²) >= 11 is 0. The lowest BCUT2D eigenvalue weighted by Gasteiger charge is -2.19. The molecule has 246 valence electrons. The van der Waals surface area contributed by atoms with Gasteiger partial charge < -0.3 is 29.7 Å². The topological polar surface area (TPSA) is 129 Å². The van der Waals surface area contributed by atoms with Crippen LogP contribution in [0.2, 0.25) is 0 Å². The summed E-state index contributed by atoms with van der Waals surface area (Å²) in [5.74, 6) is -2.53. The Bertz CT molecular complexity index is 2010. The first-order chi connectivity index (χ1) is 22.5. The smallest absolute Gasteiger partial charge is 0.321 e. The summed E-state index contributed by atoms with van der Waals surface area (Å²) in [5.41, 5.74) is 11.2. The summed E-state index contributed by atoms with van der Waals surface area (Å²) in [4.78, 5) is 51.0. The molecule has 4 N–H and O–H groups in total. The molecule has 5 heterocycles. The van der Waals surface area contributed by atoms with Crippen LogP contribution in [0.25, 0.3) is 29.9 Å². The lowest BCUT2D eigenvalue weighted by molar-refractivity contribution is -0.144. The van der Waals surface area contributed by atoms with Gasteiger partial charge in [0.05, 0.1) is 19.4 Å². The van der Waals surface area contributed by atoms with E-state index in [0.29, 0.717) is 29.9 Å². The van der Waals surface area contributed by atoms with E-state index in [1.807, 2.05) is 19.9 Å². The van der Waals surface area contributed by atoms with Gasteiger partial charge in [-0.25, -0.2) is 0 Å². The van der Waals surface area contributed by atoms with Crippen molar-refractivity contribution in [3.63, 3.8) is 0 Å². The Kier molecular flexibility index (Phi) is 8.51. The molecule has 2 aliphatic heterocycles. The van der Waals surface area contributed by atoms with Crippen molar-refractivity contribution < 1.29 is 23.9 Å². The van der Waals surface area contributed by atoms with Gasteiger partial charge in [-0.1, -0.05) is 33.4 Å². The van der Waals surface area contributed by atoms with Crippen LogP contribution in [-0.4, -0.2) is 46.4 Å². The minimum absolute atomic E-state index is 0.0612. The highest BCUT2D eigenvalue weighted by Gasteiger charge is 2.48. The maximum Gasteiger partial charge on any atom is 0.321 e. The SMILES string of the molecule is C=Cc1c2[nH]c(c1C)/C=C1\N/C(=C3\c4[nH]c(c(C)c4C(=O)[C@@H]3C(=O)OC)/C=c3\[nH]/c(c(C)c3CC)=C\2)[C@@H](CCC(=O)OCCC)[C@@H]1C. The normalized spacial score (nSPS) is 23.7. The van der Waals surface area contributed by atoms with Crippen molar-refractivity contribution in [1.82, 2.24) is 20.3 Å². The average Bonchev–Trinajstić information content (AvgIpc) is 3.79. The van der Waals surface area contributed by atoms with Crippen LogP contribution in [0.5, 0.6) is 0 Å². The van der Waals surface area contributed by atoms with E-state index in [4.69, 9.17) is 9.47 Å². The molecular weight excluding hydrogens is 592 g/mol. The van der Waals surface area contributed by atoms with Crippen molar-refractivity contribution in [3.05, 3.63) is 84.8 Å². The summed E-state index contributed by atoms with van der Waals surface area (Å²) in [7, 11) is 1.31. The van der Waals surface area contributed by atoms with Crippen molar-refractivity contribution in [2.75, 3.05) is 13.7 Å². The van der Waals surface area contributed by atoms with Crippen molar-refractivity contribution in [2.24, 2.45) is 17.8 Å². The molecule has 1 fully saturated rings. The van der Waals surface area contributed by atoms with Gasteiger partial charge in [0.1, 0.15) is 5.92 Å². The van der Waals surface area contributed by atoms with Gasteiger partial charge >= 0.3 is 11.9 Å². The van der Waals surface area contributed by atoms with Crippen LogP contribution >= 0.6 is 0 Å². The highest BCUT2D eigenvalue weighted by atomic mass is 16.5. The molecule has 0 saturated carbocycles. The number of aromatic amines is 3. The number of ether oxygens (including phenoxy) is 2. The van der Waals surface area contributed by atoms with Gasteiger partial charge in [-0.3, -0.25) is 14.4 Å². The molecule has 3 aromatic heterocycles. The molecule has 47 heavy (non-hydrogen) atoms. The number of fused-ring (bicyclic) bond motifs is 7. The predicted molar refractivity (Wildman–Crippen MR) is 183 cm³/mol. The number of hydrogen-bond donors (Lipinski definition) is 4. The van der Waals surface area contributed by atoms with Crippen LogP contribution in [-0.2, 0) is 25.5 Å². The Labute approximate surface area is 274 Å². The molecule has 9 heteroatoms. The molecule has 1 saturated heterocycles. The lowest BCUT2D eigenvalue weighted by atomic mass is 9.85. The molecule has 1 aliphatic carbocycles. The predicted octanol–water partition coefficient (Wildman–Crippen LogP) is 5.10. The van der Waals surface area contributed by atoms with Gasteiger partial charge in [-0.2, -0.15) is 0 Å². The van der Waals surface area contributed by atoms with Crippen LogP contribution in [0.1, 0.15) is 101 Å². The number of aromatic nitrogens is 3. The second-order valence-electron chi connectivity index (χ2n) is 12.8. The number of nitrogens with one attached hydrogen (secondary N) is 4. The van der Waals surface area contributed by atoms with E-state index in [0.717, 1.165) is 74.3 Å². The Morgan fingerprint density at radius 2 is 1.68 bits per heavy atom. The molecule has 3 atom stereocenters. The van der Waals surface area contributed by atoms with Crippen LogP contribution < -0.4 is 16.0 Å². The maximum atomic E-state index is 14.2. The maximum absolute atomic E-state index is 14.2. The molecule has 0 aromatic carbocycles. The molecule has 0 spiro atoms. The minimum atomic E-state index is -1.12. The van der Waals surface area contributed by atoms with Gasteiger partial charge in [0, 0.05) is 74.1 Å². The number of Topliss-reactive ketones (excluding diaryl/α,β-unsaturated/α-hetero) is 1. The Morgan fingerprint density at radius 1 is 0.957 bits per heavy atom. The van der Waals surface area contributed by atoms with Gasteiger partial charge in [0.2, 0.25) is 0 Å². The van der Waals surface area contributed by atoms with E-state index in [1.54, 1.807) is 0 Å². The number of methoxy groups -OCH3 is 1. The fourth-order valence-corrected chi connectivity index (χ4v) is 7.56. The number of carbonyl (C=O) groups excluding carboxylic acids is 3. The van der Waals surface area contributed by atoms with Gasteiger partial charge in [-0.15, -0.1) is 0 Å². The van der Waals surface area contributed by atoms with E-state index in [9.17, 15) is 14.4 Å². The molecule has 6 rings (SSSR count). The minimum Gasteiger partial charge on any atom is -0.468 e. The molecule has 8 bridgehead atoms. The third kappa shape index (κ3) is 5.22. The molecule has 0 amide bonds. The average molecular weight is 637 g/mol. The van der Waals surface area contributed by atoms with Crippen molar-refractivity contribution in [3.8, 4) is 0 Å². The van der Waals surface area contributed by atoms with E-state index in [1.165, 1.54) is 12.7 Å². The number of esters is 2. The van der Waals surface area contributed by atoms with E-state index < -0.39 is 11.9 Å². The monoisotopic (exact) mass is 636 g/mol. The second-order valence-corrected chi connectivity index (χ2v) is 12.8. The number of rotatable bonds is 8. The second kappa shape index (κ2) is 12.4. The summed E-state index contributed by atoms with van der Waals surface area (Å²) in [5, 5.41) is 5.60. The van der Waals surface area contributed by atoms with E-state index >= 15 is 0 Å². The van der Waals surface area contributed by atoms with Crippen molar-refractivity contribution >= 4 is 47.6 Å². The zero-order chi connectivity index (χ0) is 33.7. The first-order valence-electron chi connectivity index (χ1n) is 16.5. The van der Waals surface area contributed by atoms with Crippen molar-refractivity contribution in [2.45, 2.75) is 67.2 Å². The highest BCUT2D eigenvalue weighted by molar-refractivity contribution is 6.24. The number of carbonyl (C=O) groups is 3. The largest absolute Gasteiger partial charge is 0.468 e.